The van der Waals surface area contributed by atoms with Crippen molar-refractivity contribution >= 4 is 0 Å². The molecule has 238 valence electrons. The zero-order valence-electron chi connectivity index (χ0n) is 27.1. The van der Waals surface area contributed by atoms with Gasteiger partial charge in [-0.25, -0.2) is 0 Å². The van der Waals surface area contributed by atoms with Crippen molar-refractivity contribution in [2.24, 2.45) is 58.2 Å². The highest BCUT2D eigenvalue weighted by Crippen LogP contribution is 2.65. The molecule has 2 saturated heterocycles. The normalized spacial score (nSPS) is 54.8. The molecule has 3 N–H and O–H groups in total. The maximum absolute atomic E-state index is 11.7. The summed E-state index contributed by atoms with van der Waals surface area (Å²) in [5, 5.41) is 32.9. The van der Waals surface area contributed by atoms with E-state index in [1.807, 2.05) is 6.92 Å². The third-order valence-electron chi connectivity index (χ3n) is 14.3. The van der Waals surface area contributed by atoms with Crippen LogP contribution in [0.5, 0.6) is 0 Å². The Balaban J connectivity index is 1.14. The van der Waals surface area contributed by atoms with Crippen LogP contribution in [0.4, 0.5) is 0 Å². The summed E-state index contributed by atoms with van der Waals surface area (Å²) in [6, 6.07) is 0. The molecule has 6 nitrogen and oxygen atoms in total. The summed E-state index contributed by atoms with van der Waals surface area (Å²) in [7, 11) is 1.73. The molecule has 1 spiro atoms. The van der Waals surface area contributed by atoms with E-state index in [-0.39, 0.29) is 65.2 Å². The number of methoxy groups -OCH3 is 1. The monoisotopic (exact) mass is 586 g/mol. The highest BCUT2D eigenvalue weighted by atomic mass is 16.6. The summed E-state index contributed by atoms with van der Waals surface area (Å²) in [5.41, 5.74) is -0.695. The van der Waals surface area contributed by atoms with E-state index in [9.17, 15) is 15.3 Å². The topological polar surface area (TPSA) is 91.7 Å². The molecule has 6 aliphatic rings. The summed E-state index contributed by atoms with van der Waals surface area (Å²) in [5.74, 6) is 5.64. The fraction of sp³-hybridized carbons (Fsp3) is 0.944. The van der Waals surface area contributed by atoms with Gasteiger partial charge >= 0.3 is 0 Å². The molecule has 2 aliphatic heterocycles. The number of fused-ring (bicyclic) bond motifs is 2. The molecule has 42 heavy (non-hydrogen) atoms. The fourth-order valence-electron chi connectivity index (χ4n) is 12.1. The first-order valence-electron chi connectivity index (χ1n) is 17.1. The Kier molecular flexibility index (Phi) is 8.19. The van der Waals surface area contributed by atoms with Crippen LogP contribution in [0.3, 0.4) is 0 Å². The Hall–Kier alpha value is -0.680. The van der Waals surface area contributed by atoms with Crippen molar-refractivity contribution in [1.29, 1.82) is 0 Å². The molecule has 6 heteroatoms. The Morgan fingerprint density at radius 3 is 2.43 bits per heavy atom. The largest absolute Gasteiger partial charge is 0.394 e. The standard InChI is InChI=1S/C36H58O6/c1-8-25-21(2)27(38)17-26-32(25)23(18-33(26,3)4)16-24-15-22(28(19-37)42-24)9-10-30-34(5)13-12-31(40-7)35(6,39)29(34)11-14-36(30)20-41-36/h1,21-32,37-39H,9-20H2,2-7H3. The lowest BCUT2D eigenvalue weighted by atomic mass is 9.47. The Morgan fingerprint density at radius 2 is 1.79 bits per heavy atom. The highest BCUT2D eigenvalue weighted by molar-refractivity contribution is 5.16. The van der Waals surface area contributed by atoms with E-state index in [4.69, 9.17) is 20.6 Å². The van der Waals surface area contributed by atoms with Crippen LogP contribution in [-0.2, 0) is 14.2 Å². The Labute approximate surface area is 254 Å². The number of terminal acetylenes is 1. The van der Waals surface area contributed by atoms with Crippen molar-refractivity contribution in [3.63, 3.8) is 0 Å². The molecule has 0 bridgehead atoms. The summed E-state index contributed by atoms with van der Waals surface area (Å²) >= 11 is 0. The molecule has 15 unspecified atom stereocenters. The minimum atomic E-state index is -0.832. The first-order valence-corrected chi connectivity index (χ1v) is 17.1. The van der Waals surface area contributed by atoms with Crippen LogP contribution in [0.25, 0.3) is 0 Å². The molecule has 0 aromatic heterocycles. The average molecular weight is 587 g/mol. The lowest BCUT2D eigenvalue weighted by Gasteiger charge is -2.60. The summed E-state index contributed by atoms with van der Waals surface area (Å²) in [6.45, 7) is 12.2. The van der Waals surface area contributed by atoms with Crippen molar-refractivity contribution < 1.29 is 29.5 Å². The predicted octanol–water partition coefficient (Wildman–Crippen LogP) is 5.21. The lowest BCUT2D eigenvalue weighted by Crippen LogP contribution is -2.63. The SMILES string of the molecule is C#CC1C(C)C(O)CC2C1C(CC1CC(CCC3C4(CCC5C(C)(O)C(OC)CCC35C)CO4)C(CO)O1)CC2(C)C. The van der Waals surface area contributed by atoms with Gasteiger partial charge < -0.3 is 29.5 Å². The lowest BCUT2D eigenvalue weighted by molar-refractivity contribution is -0.212. The van der Waals surface area contributed by atoms with Gasteiger partial charge in [0, 0.05) is 13.0 Å². The van der Waals surface area contributed by atoms with Crippen molar-refractivity contribution in [1.82, 2.24) is 0 Å². The van der Waals surface area contributed by atoms with Gasteiger partial charge in [-0.1, -0.05) is 27.7 Å². The van der Waals surface area contributed by atoms with E-state index in [0.29, 0.717) is 29.6 Å². The van der Waals surface area contributed by atoms with Crippen LogP contribution >= 0.6 is 0 Å². The molecular weight excluding hydrogens is 528 g/mol. The van der Waals surface area contributed by atoms with Crippen LogP contribution in [-0.4, -0.2) is 71.3 Å². The smallest absolute Gasteiger partial charge is 0.0949 e. The van der Waals surface area contributed by atoms with Gasteiger partial charge in [-0.3, -0.25) is 0 Å². The number of aliphatic hydroxyl groups is 3. The van der Waals surface area contributed by atoms with Gasteiger partial charge in [0.2, 0.25) is 0 Å². The fourth-order valence-corrected chi connectivity index (χ4v) is 12.1. The molecule has 0 aromatic rings. The number of hydrogen-bond donors (Lipinski definition) is 3. The molecule has 2 heterocycles. The second kappa shape index (κ2) is 11.0. The Morgan fingerprint density at radius 1 is 1.05 bits per heavy atom. The predicted molar refractivity (Wildman–Crippen MR) is 162 cm³/mol. The number of rotatable bonds is 7. The number of epoxide rings is 1. The van der Waals surface area contributed by atoms with Crippen LogP contribution < -0.4 is 0 Å². The van der Waals surface area contributed by atoms with Crippen molar-refractivity contribution in [3.8, 4) is 12.3 Å². The number of ether oxygens (including phenoxy) is 3. The van der Waals surface area contributed by atoms with E-state index in [1.165, 1.54) is 0 Å². The van der Waals surface area contributed by atoms with Crippen LogP contribution in [0.2, 0.25) is 0 Å². The Bertz CT molecular complexity index is 1030. The first kappa shape index (κ1) is 31.3. The van der Waals surface area contributed by atoms with Gasteiger partial charge in [-0.15, -0.1) is 12.3 Å². The molecule has 4 aliphatic carbocycles. The quantitative estimate of drug-likeness (QED) is 0.280. The molecule has 6 fully saturated rings. The minimum Gasteiger partial charge on any atom is -0.394 e. The van der Waals surface area contributed by atoms with E-state index in [1.54, 1.807) is 7.11 Å². The third-order valence-corrected chi connectivity index (χ3v) is 14.3. The average Bonchev–Trinajstić information content (AvgIpc) is 3.51. The van der Waals surface area contributed by atoms with Crippen molar-refractivity contribution in [3.05, 3.63) is 0 Å². The van der Waals surface area contributed by atoms with E-state index < -0.39 is 5.60 Å². The molecule has 4 saturated carbocycles. The van der Waals surface area contributed by atoms with Gasteiger partial charge in [0.25, 0.3) is 0 Å². The van der Waals surface area contributed by atoms with Crippen LogP contribution in [0.15, 0.2) is 0 Å². The highest BCUT2D eigenvalue weighted by Gasteiger charge is 2.67. The molecule has 0 aromatic carbocycles. The van der Waals surface area contributed by atoms with Crippen LogP contribution in [0.1, 0.15) is 98.8 Å². The van der Waals surface area contributed by atoms with Gasteiger partial charge in [0.1, 0.15) is 0 Å². The first-order chi connectivity index (χ1) is 19.8. The van der Waals surface area contributed by atoms with Crippen LogP contribution in [0, 0.1) is 70.5 Å². The van der Waals surface area contributed by atoms with E-state index >= 15 is 0 Å². The number of aliphatic hydroxyl groups excluding tert-OH is 2. The van der Waals surface area contributed by atoms with Gasteiger partial charge in [-0.05, 0) is 123 Å². The molecule has 15 atom stereocenters. The zero-order chi connectivity index (χ0) is 30.2. The number of hydrogen-bond acceptors (Lipinski definition) is 6. The van der Waals surface area contributed by atoms with Crippen molar-refractivity contribution in [2.45, 2.75) is 134 Å². The summed E-state index contributed by atoms with van der Waals surface area (Å²) in [4.78, 5) is 0. The van der Waals surface area contributed by atoms with E-state index in [2.05, 4.69) is 33.6 Å². The summed E-state index contributed by atoms with van der Waals surface area (Å²) < 4.78 is 18.6. The third kappa shape index (κ3) is 4.92. The second-order valence-corrected chi connectivity index (χ2v) is 16.8. The molecule has 0 radical (unpaired) electrons. The van der Waals surface area contributed by atoms with Gasteiger partial charge in [0.05, 0.1) is 48.8 Å². The molecule has 0 amide bonds. The molecule has 6 rings (SSSR count). The summed E-state index contributed by atoms with van der Waals surface area (Å²) in [6.07, 6.45) is 15.7. The van der Waals surface area contributed by atoms with E-state index in [0.717, 1.165) is 70.8 Å². The minimum absolute atomic E-state index is 0.0117. The van der Waals surface area contributed by atoms with Crippen molar-refractivity contribution in [2.75, 3.05) is 20.3 Å². The maximum Gasteiger partial charge on any atom is 0.0949 e. The maximum atomic E-state index is 11.7. The molecular formula is C36H58O6. The van der Waals surface area contributed by atoms with Gasteiger partial charge in [0.15, 0.2) is 0 Å². The second-order valence-electron chi connectivity index (χ2n) is 16.8. The zero-order valence-corrected chi connectivity index (χ0v) is 27.1. The van der Waals surface area contributed by atoms with Gasteiger partial charge in [-0.2, -0.15) is 0 Å².